The first kappa shape index (κ1) is 17.0. The Kier molecular flexibility index (Phi) is 5.87. The molecule has 0 bridgehead atoms. The predicted molar refractivity (Wildman–Crippen MR) is 90.9 cm³/mol. The van der Waals surface area contributed by atoms with Gasteiger partial charge in [0.15, 0.2) is 0 Å². The summed E-state index contributed by atoms with van der Waals surface area (Å²) in [6.45, 7) is 4.25. The molecular formula is C17H26N4O3. The number of rotatable bonds is 5. The Morgan fingerprint density at radius 3 is 2.88 bits per heavy atom. The number of urea groups is 1. The van der Waals surface area contributed by atoms with E-state index in [1.54, 1.807) is 4.90 Å². The zero-order valence-corrected chi connectivity index (χ0v) is 14.0. The van der Waals surface area contributed by atoms with Crippen molar-refractivity contribution in [2.75, 3.05) is 44.4 Å². The molecule has 0 radical (unpaired) electrons. The van der Waals surface area contributed by atoms with Gasteiger partial charge in [0, 0.05) is 39.0 Å². The second-order valence-electron chi connectivity index (χ2n) is 6.31. The van der Waals surface area contributed by atoms with Crippen molar-refractivity contribution in [3.05, 3.63) is 23.9 Å². The van der Waals surface area contributed by atoms with Crippen LogP contribution in [0.3, 0.4) is 0 Å². The highest BCUT2D eigenvalue weighted by atomic mass is 16.5. The Hall–Kier alpha value is -1.86. The van der Waals surface area contributed by atoms with E-state index in [0.29, 0.717) is 32.7 Å². The third kappa shape index (κ3) is 4.15. The molecule has 0 aliphatic carbocycles. The number of aliphatic hydroxyl groups excluding tert-OH is 1. The minimum Gasteiger partial charge on any atom is -0.396 e. The number of nitrogens with zero attached hydrogens (tertiary/aromatic N) is 3. The van der Waals surface area contributed by atoms with Crippen LogP contribution in [-0.4, -0.2) is 66.5 Å². The topological polar surface area (TPSA) is 77.9 Å². The fourth-order valence-electron chi connectivity index (χ4n) is 3.24. The van der Waals surface area contributed by atoms with Crippen LogP contribution in [0.25, 0.3) is 0 Å². The third-order valence-electron chi connectivity index (χ3n) is 4.63. The molecule has 0 saturated carbocycles. The highest BCUT2D eigenvalue weighted by Gasteiger charge is 2.26. The summed E-state index contributed by atoms with van der Waals surface area (Å²) < 4.78 is 5.39. The number of anilines is 1. The van der Waals surface area contributed by atoms with E-state index in [-0.39, 0.29) is 18.7 Å². The number of aromatic nitrogens is 1. The van der Waals surface area contributed by atoms with Crippen LogP contribution in [0.1, 0.15) is 24.8 Å². The van der Waals surface area contributed by atoms with E-state index in [9.17, 15) is 4.79 Å². The van der Waals surface area contributed by atoms with Gasteiger partial charge in [-0.1, -0.05) is 6.07 Å². The summed E-state index contributed by atoms with van der Waals surface area (Å²) in [6, 6.07) is 3.88. The summed E-state index contributed by atoms with van der Waals surface area (Å²) in [5.74, 6) is 1.01. The molecule has 1 atom stereocenters. The van der Waals surface area contributed by atoms with Crippen molar-refractivity contribution < 1.29 is 14.6 Å². The van der Waals surface area contributed by atoms with Crippen LogP contribution in [0, 0.1) is 0 Å². The Morgan fingerprint density at radius 2 is 2.17 bits per heavy atom. The SMILES string of the molecule is O=C(NCc1ccc(N2CCCC2)nc1)N1CCOCC1CCO. The van der Waals surface area contributed by atoms with E-state index in [1.165, 1.54) is 12.8 Å². The molecule has 3 heterocycles. The molecular weight excluding hydrogens is 308 g/mol. The van der Waals surface area contributed by atoms with Crippen molar-refractivity contribution >= 4 is 11.8 Å². The van der Waals surface area contributed by atoms with E-state index in [2.05, 4.69) is 15.2 Å². The van der Waals surface area contributed by atoms with Crippen LogP contribution >= 0.6 is 0 Å². The average molecular weight is 334 g/mol. The van der Waals surface area contributed by atoms with E-state index in [1.807, 2.05) is 18.3 Å². The van der Waals surface area contributed by atoms with Crippen molar-refractivity contribution in [2.24, 2.45) is 0 Å². The molecule has 1 aromatic heterocycles. The standard InChI is InChI=1S/C17H26N4O3/c22-9-5-15-13-24-10-8-21(15)17(23)19-12-14-3-4-16(18-11-14)20-6-1-2-7-20/h3-4,11,15,22H,1-2,5-10,12-13H2,(H,19,23). The summed E-state index contributed by atoms with van der Waals surface area (Å²) in [5.41, 5.74) is 0.985. The van der Waals surface area contributed by atoms with Gasteiger partial charge in [0.25, 0.3) is 0 Å². The van der Waals surface area contributed by atoms with E-state index in [4.69, 9.17) is 9.84 Å². The molecule has 7 nitrogen and oxygen atoms in total. The second kappa shape index (κ2) is 8.30. The van der Waals surface area contributed by atoms with Gasteiger partial charge in [0.2, 0.25) is 0 Å². The van der Waals surface area contributed by atoms with Crippen LogP contribution in [0.4, 0.5) is 10.6 Å². The number of nitrogens with one attached hydrogen (secondary N) is 1. The molecule has 0 spiro atoms. The third-order valence-corrected chi connectivity index (χ3v) is 4.63. The first-order chi connectivity index (χ1) is 11.8. The van der Waals surface area contributed by atoms with Crippen LogP contribution in [0.2, 0.25) is 0 Å². The minimum absolute atomic E-state index is 0.0552. The highest BCUT2D eigenvalue weighted by molar-refractivity contribution is 5.74. The number of carbonyl (C=O) groups is 1. The van der Waals surface area contributed by atoms with Gasteiger partial charge in [-0.2, -0.15) is 0 Å². The fraction of sp³-hybridized carbons (Fsp3) is 0.647. The van der Waals surface area contributed by atoms with Crippen LogP contribution in [-0.2, 0) is 11.3 Å². The molecule has 24 heavy (non-hydrogen) atoms. The number of morpholine rings is 1. The first-order valence-corrected chi connectivity index (χ1v) is 8.71. The van der Waals surface area contributed by atoms with Gasteiger partial charge in [0.1, 0.15) is 5.82 Å². The number of ether oxygens (including phenoxy) is 1. The molecule has 132 valence electrons. The van der Waals surface area contributed by atoms with Crippen LogP contribution < -0.4 is 10.2 Å². The molecule has 2 amide bonds. The van der Waals surface area contributed by atoms with Crippen molar-refractivity contribution in [1.82, 2.24) is 15.2 Å². The number of hydrogen-bond donors (Lipinski definition) is 2. The number of pyridine rings is 1. The molecule has 2 N–H and O–H groups in total. The lowest BCUT2D eigenvalue weighted by atomic mass is 10.2. The Labute approximate surface area is 142 Å². The quantitative estimate of drug-likeness (QED) is 0.839. The molecule has 2 fully saturated rings. The zero-order valence-electron chi connectivity index (χ0n) is 14.0. The van der Waals surface area contributed by atoms with Gasteiger partial charge in [-0.25, -0.2) is 9.78 Å². The lowest BCUT2D eigenvalue weighted by Gasteiger charge is -2.35. The van der Waals surface area contributed by atoms with Gasteiger partial charge in [-0.15, -0.1) is 0 Å². The minimum atomic E-state index is -0.111. The van der Waals surface area contributed by atoms with Crippen molar-refractivity contribution in [3.63, 3.8) is 0 Å². The molecule has 2 aliphatic heterocycles. The summed E-state index contributed by atoms with van der Waals surface area (Å²) in [6.07, 6.45) is 4.83. The molecule has 3 rings (SSSR count). The van der Waals surface area contributed by atoms with E-state index < -0.39 is 0 Å². The van der Waals surface area contributed by atoms with E-state index in [0.717, 1.165) is 24.5 Å². The highest BCUT2D eigenvalue weighted by Crippen LogP contribution is 2.17. The fourth-order valence-corrected chi connectivity index (χ4v) is 3.24. The molecule has 1 unspecified atom stereocenters. The molecule has 1 aromatic rings. The van der Waals surface area contributed by atoms with Gasteiger partial charge >= 0.3 is 6.03 Å². The smallest absolute Gasteiger partial charge is 0.318 e. The number of amides is 2. The maximum atomic E-state index is 12.4. The maximum Gasteiger partial charge on any atom is 0.318 e. The maximum absolute atomic E-state index is 12.4. The molecule has 0 aromatic carbocycles. The van der Waals surface area contributed by atoms with E-state index >= 15 is 0 Å². The van der Waals surface area contributed by atoms with Crippen LogP contribution in [0.15, 0.2) is 18.3 Å². The first-order valence-electron chi connectivity index (χ1n) is 8.71. The monoisotopic (exact) mass is 334 g/mol. The van der Waals surface area contributed by atoms with Crippen LogP contribution in [0.5, 0.6) is 0 Å². The largest absolute Gasteiger partial charge is 0.396 e. The Balaban J connectivity index is 1.51. The zero-order chi connectivity index (χ0) is 16.8. The second-order valence-corrected chi connectivity index (χ2v) is 6.31. The van der Waals surface area contributed by atoms with Gasteiger partial charge in [-0.3, -0.25) is 0 Å². The van der Waals surface area contributed by atoms with Crippen molar-refractivity contribution in [3.8, 4) is 0 Å². The van der Waals surface area contributed by atoms with Gasteiger partial charge in [-0.05, 0) is 30.9 Å². The van der Waals surface area contributed by atoms with Crippen molar-refractivity contribution in [2.45, 2.75) is 31.8 Å². The van der Waals surface area contributed by atoms with Crippen molar-refractivity contribution in [1.29, 1.82) is 0 Å². The molecule has 7 heteroatoms. The lowest BCUT2D eigenvalue weighted by Crippen LogP contribution is -2.52. The van der Waals surface area contributed by atoms with Gasteiger partial charge in [0.05, 0.1) is 19.3 Å². The molecule has 2 saturated heterocycles. The number of carbonyl (C=O) groups excluding carboxylic acids is 1. The normalized spacial score (nSPS) is 21.1. The Morgan fingerprint density at radius 1 is 1.33 bits per heavy atom. The average Bonchev–Trinajstić information content (AvgIpc) is 3.15. The predicted octanol–water partition coefficient (Wildman–Crippen LogP) is 0.975. The lowest BCUT2D eigenvalue weighted by molar-refractivity contribution is 0.00428. The molecule has 2 aliphatic rings. The summed E-state index contributed by atoms with van der Waals surface area (Å²) in [7, 11) is 0. The summed E-state index contributed by atoms with van der Waals surface area (Å²) >= 11 is 0. The Bertz CT molecular complexity index is 529. The summed E-state index contributed by atoms with van der Waals surface area (Å²) in [4.78, 5) is 20.9. The van der Waals surface area contributed by atoms with Gasteiger partial charge < -0.3 is 25.0 Å². The summed E-state index contributed by atoms with van der Waals surface area (Å²) in [5, 5.41) is 12.1. The number of aliphatic hydroxyl groups is 1. The number of hydrogen-bond acceptors (Lipinski definition) is 5.